The van der Waals surface area contributed by atoms with Crippen molar-refractivity contribution in [1.82, 2.24) is 19.9 Å². The van der Waals surface area contributed by atoms with Gasteiger partial charge in [-0.1, -0.05) is 0 Å². The first kappa shape index (κ1) is 14.0. The Morgan fingerprint density at radius 1 is 1.35 bits per heavy atom. The van der Waals surface area contributed by atoms with Crippen molar-refractivity contribution >= 4 is 17.5 Å². The summed E-state index contributed by atoms with van der Waals surface area (Å²) in [6.07, 6.45) is 1.39. The van der Waals surface area contributed by atoms with E-state index in [1.54, 1.807) is 4.52 Å². The van der Waals surface area contributed by atoms with E-state index in [-0.39, 0.29) is 5.56 Å². The maximum Gasteiger partial charge on any atom is 0.328 e. The molecule has 0 bridgehead atoms. The van der Waals surface area contributed by atoms with E-state index in [9.17, 15) is 9.59 Å². The number of aromatic nitrogens is 3. The molecule has 20 heavy (non-hydrogen) atoms. The first-order chi connectivity index (χ1) is 9.22. The van der Waals surface area contributed by atoms with E-state index < -0.39 is 17.4 Å². The van der Waals surface area contributed by atoms with Gasteiger partial charge in [-0.2, -0.15) is 5.10 Å². The summed E-state index contributed by atoms with van der Waals surface area (Å²) >= 11 is 0. The van der Waals surface area contributed by atoms with Crippen LogP contribution in [0.4, 0.5) is 0 Å². The quantitative estimate of drug-likeness (QED) is 0.869. The van der Waals surface area contributed by atoms with Gasteiger partial charge in [-0.25, -0.2) is 14.3 Å². The van der Waals surface area contributed by atoms with Crippen LogP contribution in [-0.4, -0.2) is 37.1 Å². The van der Waals surface area contributed by atoms with Crippen molar-refractivity contribution in [2.75, 3.05) is 0 Å². The van der Waals surface area contributed by atoms with Crippen LogP contribution in [-0.2, 0) is 4.79 Å². The Labute approximate surface area is 115 Å². The third kappa shape index (κ3) is 2.34. The van der Waals surface area contributed by atoms with Gasteiger partial charge >= 0.3 is 5.97 Å². The molecule has 0 aromatic carbocycles. The van der Waals surface area contributed by atoms with Crippen molar-refractivity contribution in [3.63, 3.8) is 0 Å². The number of rotatable bonds is 3. The van der Waals surface area contributed by atoms with Gasteiger partial charge in [0.2, 0.25) is 0 Å². The highest BCUT2D eigenvalue weighted by molar-refractivity contribution is 6.02. The van der Waals surface area contributed by atoms with E-state index in [2.05, 4.69) is 15.4 Å². The Morgan fingerprint density at radius 2 is 2.00 bits per heavy atom. The van der Waals surface area contributed by atoms with Gasteiger partial charge in [-0.15, -0.1) is 0 Å². The fourth-order valence-electron chi connectivity index (χ4n) is 1.84. The highest BCUT2D eigenvalue weighted by atomic mass is 16.4. The number of nitrogens with one attached hydrogen (secondary N) is 1. The van der Waals surface area contributed by atoms with E-state index >= 15 is 0 Å². The normalized spacial score (nSPS) is 11.6. The van der Waals surface area contributed by atoms with Crippen molar-refractivity contribution in [3.05, 3.63) is 29.2 Å². The lowest BCUT2D eigenvalue weighted by atomic mass is 10.1. The molecule has 0 radical (unpaired) electrons. The van der Waals surface area contributed by atoms with E-state index in [1.807, 2.05) is 19.9 Å². The van der Waals surface area contributed by atoms with Gasteiger partial charge in [0.1, 0.15) is 11.1 Å². The number of aliphatic carboxylic acids is 1. The molecule has 2 aromatic heterocycles. The van der Waals surface area contributed by atoms with E-state index in [0.29, 0.717) is 5.65 Å². The summed E-state index contributed by atoms with van der Waals surface area (Å²) < 4.78 is 1.55. The third-order valence-electron chi connectivity index (χ3n) is 2.98. The molecule has 0 atom stereocenters. The zero-order chi connectivity index (χ0) is 15.1. The fourth-order valence-corrected chi connectivity index (χ4v) is 1.84. The molecule has 2 aromatic rings. The molecule has 7 nitrogen and oxygen atoms in total. The van der Waals surface area contributed by atoms with Crippen LogP contribution in [0.5, 0.6) is 0 Å². The molecule has 0 saturated heterocycles. The maximum atomic E-state index is 12.2. The molecule has 2 rings (SSSR count). The van der Waals surface area contributed by atoms with Crippen molar-refractivity contribution in [2.45, 2.75) is 33.2 Å². The molecule has 0 fully saturated rings. The molecule has 1 amide bonds. The number of carbonyl (C=O) groups excluding carboxylic acids is 1. The molecule has 0 spiro atoms. The van der Waals surface area contributed by atoms with Crippen LogP contribution in [0.2, 0.25) is 0 Å². The lowest BCUT2D eigenvalue weighted by Crippen LogP contribution is -2.49. The number of fused-ring (bicyclic) bond motifs is 1. The molecule has 0 aliphatic rings. The Balaban J connectivity index is 2.44. The number of carbonyl (C=O) groups is 2. The molecule has 0 aliphatic heterocycles. The zero-order valence-corrected chi connectivity index (χ0v) is 11.8. The van der Waals surface area contributed by atoms with Crippen LogP contribution in [0.25, 0.3) is 5.65 Å². The lowest BCUT2D eigenvalue weighted by Gasteiger charge is -2.20. The van der Waals surface area contributed by atoms with Crippen LogP contribution in [0.3, 0.4) is 0 Å². The van der Waals surface area contributed by atoms with Crippen LogP contribution in [0, 0.1) is 13.8 Å². The summed E-state index contributed by atoms with van der Waals surface area (Å²) in [4.78, 5) is 27.5. The molecule has 106 valence electrons. The summed E-state index contributed by atoms with van der Waals surface area (Å²) in [5.41, 5.74) is 0.933. The minimum atomic E-state index is -1.36. The first-order valence-electron chi connectivity index (χ1n) is 6.10. The van der Waals surface area contributed by atoms with E-state index in [4.69, 9.17) is 5.11 Å². The van der Waals surface area contributed by atoms with Gasteiger partial charge in [0.05, 0.1) is 6.20 Å². The predicted octanol–water partition coefficient (Wildman–Crippen LogP) is 0.939. The average molecular weight is 276 g/mol. The number of carboxylic acids is 1. The largest absolute Gasteiger partial charge is 0.480 e. The molecular formula is C13H16N4O3. The smallest absolute Gasteiger partial charge is 0.328 e. The van der Waals surface area contributed by atoms with E-state index in [0.717, 1.165) is 11.4 Å². The van der Waals surface area contributed by atoms with Gasteiger partial charge in [0.25, 0.3) is 5.91 Å². The minimum Gasteiger partial charge on any atom is -0.480 e. The first-order valence-corrected chi connectivity index (χ1v) is 6.10. The number of hydrogen-bond donors (Lipinski definition) is 2. The van der Waals surface area contributed by atoms with Gasteiger partial charge in [0.15, 0.2) is 5.65 Å². The van der Waals surface area contributed by atoms with Gasteiger partial charge in [0, 0.05) is 11.4 Å². The van der Waals surface area contributed by atoms with Crippen molar-refractivity contribution in [1.29, 1.82) is 0 Å². The minimum absolute atomic E-state index is 0.256. The standard InChI is InChI=1S/C13H16N4O3/c1-7-5-8(2)17-10(15-7)9(6-14-17)11(18)16-13(3,4)12(19)20/h5-6H,1-4H3,(H,16,18)(H,19,20). The Bertz CT molecular complexity index is 703. The fraction of sp³-hybridized carbons (Fsp3) is 0.385. The molecular weight excluding hydrogens is 260 g/mol. The van der Waals surface area contributed by atoms with Crippen LogP contribution >= 0.6 is 0 Å². The number of carboxylic acid groups (broad SMARTS) is 1. The molecule has 2 heterocycles. The molecule has 2 N–H and O–H groups in total. The summed E-state index contributed by atoms with van der Waals surface area (Å²) in [5, 5.41) is 15.6. The van der Waals surface area contributed by atoms with Crippen molar-refractivity contribution in [3.8, 4) is 0 Å². The number of hydrogen-bond acceptors (Lipinski definition) is 4. The van der Waals surface area contributed by atoms with E-state index in [1.165, 1.54) is 20.0 Å². The highest BCUT2D eigenvalue weighted by Gasteiger charge is 2.30. The van der Waals surface area contributed by atoms with Gasteiger partial charge in [-0.3, -0.25) is 4.79 Å². The average Bonchev–Trinajstić information content (AvgIpc) is 2.71. The monoisotopic (exact) mass is 276 g/mol. The number of amides is 1. The number of nitrogens with zero attached hydrogens (tertiary/aromatic N) is 3. The summed E-state index contributed by atoms with van der Waals surface area (Å²) in [6.45, 7) is 6.52. The molecule has 7 heteroatoms. The Morgan fingerprint density at radius 3 is 2.60 bits per heavy atom. The molecule has 0 unspecified atom stereocenters. The van der Waals surface area contributed by atoms with Gasteiger partial charge < -0.3 is 10.4 Å². The van der Waals surface area contributed by atoms with Crippen LogP contribution in [0.1, 0.15) is 35.6 Å². The van der Waals surface area contributed by atoms with Gasteiger partial charge in [-0.05, 0) is 33.8 Å². The van der Waals surface area contributed by atoms with Crippen LogP contribution < -0.4 is 5.32 Å². The highest BCUT2D eigenvalue weighted by Crippen LogP contribution is 2.13. The lowest BCUT2D eigenvalue weighted by molar-refractivity contribution is -0.143. The summed E-state index contributed by atoms with van der Waals surface area (Å²) in [6, 6.07) is 1.85. The van der Waals surface area contributed by atoms with Crippen molar-refractivity contribution in [2.24, 2.45) is 0 Å². The second-order valence-electron chi connectivity index (χ2n) is 5.22. The number of aryl methyl sites for hydroxylation is 2. The third-order valence-corrected chi connectivity index (χ3v) is 2.98. The Kier molecular flexibility index (Phi) is 3.21. The SMILES string of the molecule is Cc1cc(C)n2ncc(C(=O)NC(C)(C)C(=O)O)c2n1. The Hall–Kier alpha value is -2.44. The second-order valence-corrected chi connectivity index (χ2v) is 5.22. The predicted molar refractivity (Wildman–Crippen MR) is 71.6 cm³/mol. The topological polar surface area (TPSA) is 96.6 Å². The maximum absolute atomic E-state index is 12.2. The van der Waals surface area contributed by atoms with Crippen molar-refractivity contribution < 1.29 is 14.7 Å². The second kappa shape index (κ2) is 4.59. The van der Waals surface area contributed by atoms with Crippen LogP contribution in [0.15, 0.2) is 12.3 Å². The summed E-state index contributed by atoms with van der Waals surface area (Å²) in [7, 11) is 0. The molecule has 0 aliphatic carbocycles. The molecule has 0 saturated carbocycles. The summed E-state index contributed by atoms with van der Waals surface area (Å²) in [5.74, 6) is -1.62. The zero-order valence-electron chi connectivity index (χ0n) is 11.8.